The molecule has 2 N–H and O–H groups in total. The predicted molar refractivity (Wildman–Crippen MR) is 127 cm³/mol. The number of nitrogens with one attached hydrogen (secondary N) is 2. The number of pyridine rings is 1. The molecule has 0 bridgehead atoms. The Morgan fingerprint density at radius 2 is 1.74 bits per heavy atom. The number of para-hydroxylation sites is 2. The molecule has 0 aliphatic rings. The lowest BCUT2D eigenvalue weighted by Crippen LogP contribution is -2.19. The van der Waals surface area contributed by atoms with Crippen LogP contribution in [0.4, 0.5) is 29.3 Å². The first-order valence-corrected chi connectivity index (χ1v) is 11.5. The van der Waals surface area contributed by atoms with Crippen LogP contribution < -0.4 is 10.6 Å². The molecular formula is C24H15F3N4OS2. The molecule has 0 radical (unpaired) electrons. The maximum Gasteiger partial charge on any atom is 0.417 e. The first kappa shape index (κ1) is 23.4. The third-order valence-corrected chi connectivity index (χ3v) is 6.51. The Kier molecular flexibility index (Phi) is 6.86. The fraction of sp³-hybridized carbons (Fsp3) is 0.0417. The van der Waals surface area contributed by atoms with Gasteiger partial charge >= 0.3 is 12.2 Å². The van der Waals surface area contributed by atoms with Crippen LogP contribution in [-0.2, 0) is 6.18 Å². The molecule has 10 heteroatoms. The van der Waals surface area contributed by atoms with Crippen LogP contribution in [0.2, 0.25) is 0 Å². The van der Waals surface area contributed by atoms with E-state index >= 15 is 0 Å². The van der Waals surface area contributed by atoms with Crippen LogP contribution in [0.15, 0.2) is 88.1 Å². The summed E-state index contributed by atoms with van der Waals surface area (Å²) in [4.78, 5) is 17.8. The maximum absolute atomic E-state index is 13.8. The van der Waals surface area contributed by atoms with Gasteiger partial charge in [-0.3, -0.25) is 0 Å². The van der Waals surface area contributed by atoms with Gasteiger partial charge in [0, 0.05) is 10.6 Å². The van der Waals surface area contributed by atoms with Crippen LogP contribution in [0.5, 0.6) is 0 Å². The first-order valence-electron chi connectivity index (χ1n) is 9.81. The summed E-state index contributed by atoms with van der Waals surface area (Å²) in [7, 11) is 0. The molecule has 5 nitrogen and oxygen atoms in total. The number of carbonyl (C=O) groups is 1. The Bertz CT molecular complexity index is 1350. The molecule has 0 saturated carbocycles. The van der Waals surface area contributed by atoms with Crippen molar-refractivity contribution in [2.75, 3.05) is 10.6 Å². The van der Waals surface area contributed by atoms with Crippen molar-refractivity contribution in [1.82, 2.24) is 4.98 Å². The van der Waals surface area contributed by atoms with Gasteiger partial charge in [-0.15, -0.1) is 11.3 Å². The van der Waals surface area contributed by atoms with Gasteiger partial charge in [0.2, 0.25) is 0 Å². The number of hydrogen-bond donors (Lipinski definition) is 2. The highest BCUT2D eigenvalue weighted by molar-refractivity contribution is 7.99. The van der Waals surface area contributed by atoms with Crippen molar-refractivity contribution in [3.63, 3.8) is 0 Å². The number of aromatic nitrogens is 1. The van der Waals surface area contributed by atoms with Crippen molar-refractivity contribution < 1.29 is 18.0 Å². The maximum atomic E-state index is 13.8. The topological polar surface area (TPSA) is 77.8 Å². The van der Waals surface area contributed by atoms with E-state index in [0.717, 1.165) is 17.8 Å². The van der Waals surface area contributed by atoms with E-state index in [-0.39, 0.29) is 10.7 Å². The highest BCUT2D eigenvalue weighted by Crippen LogP contribution is 2.41. The average molecular weight is 497 g/mol. The van der Waals surface area contributed by atoms with Crippen molar-refractivity contribution in [1.29, 1.82) is 5.26 Å². The largest absolute Gasteiger partial charge is 0.417 e. The van der Waals surface area contributed by atoms with Crippen LogP contribution >= 0.6 is 23.1 Å². The van der Waals surface area contributed by atoms with Gasteiger partial charge in [0.25, 0.3) is 0 Å². The molecular weight excluding hydrogens is 481 g/mol. The summed E-state index contributed by atoms with van der Waals surface area (Å²) < 4.78 is 41.4. The van der Waals surface area contributed by atoms with E-state index in [4.69, 9.17) is 0 Å². The minimum atomic E-state index is -4.73. The van der Waals surface area contributed by atoms with Crippen molar-refractivity contribution >= 4 is 40.5 Å². The SMILES string of the molecule is N#Cc1c(C(F)(F)F)cc(-c2cccs2)nc1Sc1ccccc1NC(=O)Nc1ccccc1. The van der Waals surface area contributed by atoms with Crippen molar-refractivity contribution in [2.24, 2.45) is 0 Å². The molecule has 170 valence electrons. The third kappa shape index (κ3) is 5.39. The molecule has 0 spiro atoms. The first-order chi connectivity index (χ1) is 16.3. The number of halogens is 3. The second kappa shape index (κ2) is 9.99. The van der Waals surface area contributed by atoms with Gasteiger partial charge in [0.05, 0.1) is 27.4 Å². The second-order valence-corrected chi connectivity index (χ2v) is 8.84. The van der Waals surface area contributed by atoms with Gasteiger partial charge in [0.1, 0.15) is 11.1 Å². The summed E-state index contributed by atoms with van der Waals surface area (Å²) in [5, 5.41) is 16.6. The number of nitriles is 1. The van der Waals surface area contributed by atoms with E-state index in [9.17, 15) is 23.2 Å². The Hall–Kier alpha value is -3.81. The van der Waals surface area contributed by atoms with E-state index in [1.165, 1.54) is 11.3 Å². The van der Waals surface area contributed by atoms with Crippen molar-refractivity contribution in [3.8, 4) is 16.6 Å². The second-order valence-electron chi connectivity index (χ2n) is 6.87. The van der Waals surface area contributed by atoms with Crippen molar-refractivity contribution in [2.45, 2.75) is 16.1 Å². The molecule has 0 aliphatic carbocycles. The van der Waals surface area contributed by atoms with E-state index in [0.29, 0.717) is 21.1 Å². The Morgan fingerprint density at radius 3 is 2.41 bits per heavy atom. The molecule has 2 heterocycles. The summed E-state index contributed by atoms with van der Waals surface area (Å²) in [5.41, 5.74) is -0.556. The quantitative estimate of drug-likeness (QED) is 0.300. The van der Waals surface area contributed by atoms with Crippen LogP contribution in [-0.4, -0.2) is 11.0 Å². The van der Waals surface area contributed by atoms with E-state index < -0.39 is 23.3 Å². The number of benzene rings is 2. The number of alkyl halides is 3. The molecule has 2 amide bonds. The van der Waals surface area contributed by atoms with Gasteiger partial charge in [-0.1, -0.05) is 48.2 Å². The summed E-state index contributed by atoms with van der Waals surface area (Å²) >= 11 is 2.13. The molecule has 4 rings (SSSR count). The predicted octanol–water partition coefficient (Wildman–Crippen LogP) is 7.50. The highest BCUT2D eigenvalue weighted by atomic mass is 32.2. The highest BCUT2D eigenvalue weighted by Gasteiger charge is 2.36. The molecule has 4 aromatic rings. The molecule has 2 aromatic heterocycles. The number of urea groups is 1. The summed E-state index contributed by atoms with van der Waals surface area (Å²) in [6.07, 6.45) is -4.73. The lowest BCUT2D eigenvalue weighted by Gasteiger charge is -2.15. The smallest absolute Gasteiger partial charge is 0.308 e. The van der Waals surface area contributed by atoms with Gasteiger partial charge in [-0.05, 0) is 41.8 Å². The minimum absolute atomic E-state index is 0.0987. The van der Waals surface area contributed by atoms with Gasteiger partial charge < -0.3 is 10.6 Å². The normalized spacial score (nSPS) is 11.0. The monoisotopic (exact) mass is 496 g/mol. The summed E-state index contributed by atoms with van der Waals surface area (Å²) in [5.74, 6) is 0. The molecule has 0 unspecified atom stereocenters. The minimum Gasteiger partial charge on any atom is -0.308 e. The summed E-state index contributed by atoms with van der Waals surface area (Å²) in [6, 6.07) is 20.8. The number of anilines is 2. The molecule has 0 fully saturated rings. The number of carbonyl (C=O) groups excluding carboxylic acids is 1. The molecule has 34 heavy (non-hydrogen) atoms. The average Bonchev–Trinajstić information content (AvgIpc) is 3.35. The zero-order valence-corrected chi connectivity index (χ0v) is 18.9. The standard InChI is InChI=1S/C24H15F3N4OS2/c25-24(26,27)17-13-19(20-11-6-12-33-20)30-22(16(17)14-28)34-21-10-5-4-9-18(21)31-23(32)29-15-7-2-1-3-8-15/h1-13H,(H2,29,31,32). The van der Waals surface area contributed by atoms with E-state index in [1.807, 2.05) is 6.07 Å². The summed E-state index contributed by atoms with van der Waals surface area (Å²) in [6.45, 7) is 0. The van der Waals surface area contributed by atoms with E-state index in [1.54, 1.807) is 72.1 Å². The number of hydrogen-bond acceptors (Lipinski definition) is 5. The number of thiophene rings is 1. The number of rotatable bonds is 5. The molecule has 2 aromatic carbocycles. The van der Waals surface area contributed by atoms with Crippen LogP contribution in [0.25, 0.3) is 10.6 Å². The van der Waals surface area contributed by atoms with Gasteiger partial charge in [-0.2, -0.15) is 18.4 Å². The lowest BCUT2D eigenvalue weighted by atomic mass is 10.1. The molecule has 0 saturated heterocycles. The fourth-order valence-corrected chi connectivity index (χ4v) is 4.72. The van der Waals surface area contributed by atoms with Crippen molar-refractivity contribution in [3.05, 3.63) is 89.3 Å². The zero-order valence-electron chi connectivity index (χ0n) is 17.3. The Morgan fingerprint density at radius 1 is 1.00 bits per heavy atom. The Labute approximate surface area is 201 Å². The number of amides is 2. The number of nitrogens with zero attached hydrogens (tertiary/aromatic N) is 2. The third-order valence-electron chi connectivity index (χ3n) is 4.55. The fourth-order valence-electron chi connectivity index (χ4n) is 3.05. The van der Waals surface area contributed by atoms with Crippen LogP contribution in [0, 0.1) is 11.3 Å². The molecule has 0 aliphatic heterocycles. The lowest BCUT2D eigenvalue weighted by molar-refractivity contribution is -0.138. The Balaban J connectivity index is 1.69. The zero-order chi connectivity index (χ0) is 24.1. The van der Waals surface area contributed by atoms with Crippen LogP contribution in [0.1, 0.15) is 11.1 Å². The van der Waals surface area contributed by atoms with Crippen LogP contribution in [0.3, 0.4) is 0 Å². The van der Waals surface area contributed by atoms with Gasteiger partial charge in [-0.25, -0.2) is 9.78 Å². The molecule has 0 atom stereocenters. The van der Waals surface area contributed by atoms with E-state index in [2.05, 4.69) is 15.6 Å². The van der Waals surface area contributed by atoms with Gasteiger partial charge in [0.15, 0.2) is 0 Å².